The third kappa shape index (κ3) is 1.48. The summed E-state index contributed by atoms with van der Waals surface area (Å²) in [6.45, 7) is 0. The first-order valence-corrected chi connectivity index (χ1v) is 4.13. The second-order valence-corrected chi connectivity index (χ2v) is 2.82. The van der Waals surface area contributed by atoms with Crippen molar-refractivity contribution in [2.45, 2.75) is 0 Å². The van der Waals surface area contributed by atoms with E-state index in [4.69, 9.17) is 14.8 Å². The molecule has 5 nitrogen and oxygen atoms in total. The van der Waals surface area contributed by atoms with Gasteiger partial charge in [-0.25, -0.2) is 4.79 Å². The Bertz CT molecular complexity index is 545. The minimum absolute atomic E-state index is 0.150. The van der Waals surface area contributed by atoms with Crippen molar-refractivity contribution in [1.29, 1.82) is 5.26 Å². The average molecular weight is 202 g/mol. The molecule has 15 heavy (non-hydrogen) atoms. The van der Waals surface area contributed by atoms with E-state index in [0.717, 1.165) is 0 Å². The summed E-state index contributed by atoms with van der Waals surface area (Å²) in [7, 11) is 0. The lowest BCUT2D eigenvalue weighted by molar-refractivity contribution is 0.0662. The van der Waals surface area contributed by atoms with Crippen molar-refractivity contribution in [3.05, 3.63) is 41.9 Å². The number of carbonyl (C=O) groups is 1. The largest absolute Gasteiger partial charge is 0.475 e. The van der Waals surface area contributed by atoms with Gasteiger partial charge in [0.25, 0.3) is 0 Å². The first-order chi connectivity index (χ1) is 7.22. The molecule has 0 atom stereocenters. The molecule has 74 valence electrons. The molecule has 0 saturated carbocycles. The van der Waals surface area contributed by atoms with Crippen molar-refractivity contribution in [1.82, 2.24) is 4.57 Å². The van der Waals surface area contributed by atoms with Crippen LogP contribution in [0.25, 0.3) is 5.88 Å². The van der Waals surface area contributed by atoms with Crippen LogP contribution in [0.4, 0.5) is 0 Å². The van der Waals surface area contributed by atoms with Gasteiger partial charge in [-0.3, -0.25) is 4.57 Å². The Kier molecular flexibility index (Phi) is 2.03. The van der Waals surface area contributed by atoms with Gasteiger partial charge in [0.2, 0.25) is 11.6 Å². The lowest BCUT2D eigenvalue weighted by Gasteiger charge is -1.97. The second-order valence-electron chi connectivity index (χ2n) is 2.82. The molecule has 2 aromatic heterocycles. The highest BCUT2D eigenvalue weighted by Crippen LogP contribution is 2.15. The van der Waals surface area contributed by atoms with Crippen LogP contribution < -0.4 is 0 Å². The van der Waals surface area contributed by atoms with Crippen molar-refractivity contribution in [2.24, 2.45) is 0 Å². The van der Waals surface area contributed by atoms with E-state index in [9.17, 15) is 4.79 Å². The van der Waals surface area contributed by atoms with Crippen molar-refractivity contribution < 1.29 is 14.3 Å². The molecule has 1 N–H and O–H groups in total. The molecule has 0 saturated heterocycles. The van der Waals surface area contributed by atoms with E-state index in [0.29, 0.717) is 11.6 Å². The number of aromatic nitrogens is 1. The Balaban J connectivity index is 2.47. The summed E-state index contributed by atoms with van der Waals surface area (Å²) >= 11 is 0. The number of carboxylic acids is 1. The molecule has 0 fully saturated rings. The van der Waals surface area contributed by atoms with Crippen molar-refractivity contribution in [2.75, 3.05) is 0 Å². The molecule has 0 amide bonds. The maximum Gasteiger partial charge on any atom is 0.371 e. The summed E-state index contributed by atoms with van der Waals surface area (Å²) in [6, 6.07) is 8.11. The maximum atomic E-state index is 10.6. The van der Waals surface area contributed by atoms with Crippen LogP contribution in [0.1, 0.15) is 16.2 Å². The van der Waals surface area contributed by atoms with Gasteiger partial charge in [-0.05, 0) is 18.2 Å². The first kappa shape index (κ1) is 9.09. The van der Waals surface area contributed by atoms with Crippen LogP contribution in [-0.2, 0) is 0 Å². The van der Waals surface area contributed by atoms with Gasteiger partial charge in [-0.1, -0.05) is 0 Å². The third-order valence-electron chi connectivity index (χ3n) is 1.90. The standard InChI is InChI=1S/C10H6N2O3/c11-6-7-2-1-5-12(7)9-4-3-8(15-9)10(13)14/h1-5H,(H,13,14). The Hall–Kier alpha value is -2.48. The fourth-order valence-electron chi connectivity index (χ4n) is 1.24. The molecule has 0 aliphatic carbocycles. The number of rotatable bonds is 2. The molecule has 0 unspecified atom stereocenters. The number of hydrogen-bond donors (Lipinski definition) is 1. The van der Waals surface area contributed by atoms with Crippen LogP contribution in [0.5, 0.6) is 0 Å². The van der Waals surface area contributed by atoms with E-state index in [2.05, 4.69) is 0 Å². The van der Waals surface area contributed by atoms with Gasteiger partial charge in [0.1, 0.15) is 11.8 Å². The van der Waals surface area contributed by atoms with E-state index >= 15 is 0 Å². The van der Waals surface area contributed by atoms with Crippen LogP contribution in [0.15, 0.2) is 34.9 Å². The Morgan fingerprint density at radius 2 is 2.27 bits per heavy atom. The summed E-state index contributed by atoms with van der Waals surface area (Å²) in [5.41, 5.74) is 0.390. The fourth-order valence-corrected chi connectivity index (χ4v) is 1.24. The Labute approximate surface area is 84.8 Å². The molecular weight excluding hydrogens is 196 g/mol. The molecule has 0 aromatic carbocycles. The highest BCUT2D eigenvalue weighted by molar-refractivity contribution is 5.84. The van der Waals surface area contributed by atoms with E-state index in [1.54, 1.807) is 18.3 Å². The van der Waals surface area contributed by atoms with Crippen molar-refractivity contribution >= 4 is 5.97 Å². The van der Waals surface area contributed by atoms with Crippen LogP contribution in [-0.4, -0.2) is 15.6 Å². The van der Waals surface area contributed by atoms with E-state index in [-0.39, 0.29) is 5.76 Å². The zero-order valence-corrected chi connectivity index (χ0v) is 7.54. The summed E-state index contributed by atoms with van der Waals surface area (Å²) < 4.78 is 6.52. The van der Waals surface area contributed by atoms with Crippen molar-refractivity contribution in [3.63, 3.8) is 0 Å². The van der Waals surface area contributed by atoms with Gasteiger partial charge in [0.05, 0.1) is 0 Å². The Morgan fingerprint density at radius 1 is 1.47 bits per heavy atom. The topological polar surface area (TPSA) is 79.2 Å². The van der Waals surface area contributed by atoms with E-state index in [1.807, 2.05) is 6.07 Å². The van der Waals surface area contributed by atoms with E-state index < -0.39 is 5.97 Å². The van der Waals surface area contributed by atoms with Gasteiger partial charge in [0, 0.05) is 12.3 Å². The number of carboxylic acid groups (broad SMARTS) is 1. The highest BCUT2D eigenvalue weighted by atomic mass is 16.4. The van der Waals surface area contributed by atoms with Gasteiger partial charge in [-0.2, -0.15) is 5.26 Å². The predicted molar refractivity (Wildman–Crippen MR) is 49.7 cm³/mol. The predicted octanol–water partition coefficient (Wildman–Crippen LogP) is 1.64. The number of furan rings is 1. The summed E-state index contributed by atoms with van der Waals surface area (Å²) in [5.74, 6) is -0.969. The minimum Gasteiger partial charge on any atom is -0.475 e. The zero-order chi connectivity index (χ0) is 10.8. The monoisotopic (exact) mass is 202 g/mol. The van der Waals surface area contributed by atoms with E-state index in [1.165, 1.54) is 16.7 Å². The molecule has 0 radical (unpaired) electrons. The number of hydrogen-bond acceptors (Lipinski definition) is 3. The molecule has 0 aliphatic rings. The number of nitriles is 1. The van der Waals surface area contributed by atoms with Crippen LogP contribution in [0, 0.1) is 11.3 Å². The van der Waals surface area contributed by atoms with Crippen molar-refractivity contribution in [3.8, 4) is 12.0 Å². The molecule has 0 bridgehead atoms. The van der Waals surface area contributed by atoms with Gasteiger partial charge >= 0.3 is 5.97 Å². The molecule has 2 aromatic rings. The molecule has 0 aliphatic heterocycles. The van der Waals surface area contributed by atoms with Crippen LogP contribution >= 0.6 is 0 Å². The summed E-state index contributed by atoms with van der Waals surface area (Å²) in [5, 5.41) is 17.4. The maximum absolute atomic E-state index is 10.6. The molecule has 2 rings (SSSR count). The number of nitrogens with zero attached hydrogens (tertiary/aromatic N) is 2. The van der Waals surface area contributed by atoms with Gasteiger partial charge < -0.3 is 9.52 Å². The van der Waals surface area contributed by atoms with Gasteiger partial charge in [-0.15, -0.1) is 0 Å². The van der Waals surface area contributed by atoms with Crippen LogP contribution in [0.3, 0.4) is 0 Å². The van der Waals surface area contributed by atoms with Crippen LogP contribution in [0.2, 0.25) is 0 Å². The molecular formula is C10H6N2O3. The fraction of sp³-hybridized carbons (Fsp3) is 0. The average Bonchev–Trinajstić information content (AvgIpc) is 2.85. The number of aromatic carboxylic acids is 1. The summed E-state index contributed by atoms with van der Waals surface area (Å²) in [4.78, 5) is 10.6. The minimum atomic E-state index is -1.13. The molecule has 0 spiro atoms. The zero-order valence-electron chi connectivity index (χ0n) is 7.54. The molecule has 2 heterocycles. The Morgan fingerprint density at radius 3 is 2.87 bits per heavy atom. The first-order valence-electron chi connectivity index (χ1n) is 4.13. The van der Waals surface area contributed by atoms with Gasteiger partial charge in [0.15, 0.2) is 0 Å². The SMILES string of the molecule is N#Cc1cccn1-c1ccc(C(=O)O)o1. The highest BCUT2D eigenvalue weighted by Gasteiger charge is 2.11. The quantitative estimate of drug-likeness (QED) is 0.802. The third-order valence-corrected chi connectivity index (χ3v) is 1.90. The lowest BCUT2D eigenvalue weighted by atomic mass is 10.4. The smallest absolute Gasteiger partial charge is 0.371 e. The second kappa shape index (κ2) is 3.35. The summed E-state index contributed by atoms with van der Waals surface area (Å²) in [6.07, 6.45) is 1.63. The normalized spacial score (nSPS) is 9.80. The lowest BCUT2D eigenvalue weighted by Crippen LogP contribution is -1.94. The molecule has 5 heteroatoms.